The quantitative estimate of drug-likeness (QED) is 0.523. The lowest BCUT2D eigenvalue weighted by molar-refractivity contribution is -0.132. The van der Waals surface area contributed by atoms with Crippen LogP contribution in [-0.2, 0) is 18.7 Å². The summed E-state index contributed by atoms with van der Waals surface area (Å²) < 4.78 is 24.3. The van der Waals surface area contributed by atoms with Gasteiger partial charge in [-0.25, -0.2) is 0 Å². The summed E-state index contributed by atoms with van der Waals surface area (Å²) in [6, 6.07) is 7.68. The molecule has 1 unspecified atom stereocenters. The number of hydrogen-bond donors (Lipinski definition) is 0. The van der Waals surface area contributed by atoms with Crippen LogP contribution in [0.2, 0.25) is 18.1 Å². The Kier molecular flexibility index (Phi) is 5.80. The molecule has 1 saturated carbocycles. The summed E-state index contributed by atoms with van der Waals surface area (Å²) in [5.41, 5.74) is 0.322. The molecule has 1 spiro atoms. The summed E-state index contributed by atoms with van der Waals surface area (Å²) >= 11 is 0. The molecule has 5 nitrogen and oxygen atoms in total. The van der Waals surface area contributed by atoms with Crippen LogP contribution >= 0.6 is 0 Å². The van der Waals surface area contributed by atoms with Gasteiger partial charge in [0, 0.05) is 5.56 Å². The molecule has 1 aliphatic carbocycles. The van der Waals surface area contributed by atoms with Gasteiger partial charge in [0.25, 0.3) is 0 Å². The Bertz CT molecular complexity index is 696. The Morgan fingerprint density at radius 2 is 1.86 bits per heavy atom. The third kappa shape index (κ3) is 3.80. The first-order valence-electron chi connectivity index (χ1n) is 10.1. The monoisotopic (exact) mass is 406 g/mol. The van der Waals surface area contributed by atoms with Crippen molar-refractivity contribution in [2.24, 2.45) is 11.8 Å². The van der Waals surface area contributed by atoms with Crippen molar-refractivity contribution in [2.45, 2.75) is 70.2 Å². The SMILES string of the molecule is COc1ccc(C2OC[C@]3(C[C@H](C)[C@@H](O[Si](C)(C)C(C)(C)C)[C@@H]3C=O)O2)cc1. The van der Waals surface area contributed by atoms with E-state index in [9.17, 15) is 4.79 Å². The first-order chi connectivity index (χ1) is 13.0. The molecule has 1 aromatic carbocycles. The molecule has 1 aromatic rings. The lowest BCUT2D eigenvalue weighted by Crippen LogP contribution is -2.49. The summed E-state index contributed by atoms with van der Waals surface area (Å²) in [5, 5.41) is 0.0918. The highest BCUT2D eigenvalue weighted by Crippen LogP contribution is 2.51. The van der Waals surface area contributed by atoms with Gasteiger partial charge in [-0.15, -0.1) is 0 Å². The van der Waals surface area contributed by atoms with E-state index in [1.54, 1.807) is 7.11 Å². The van der Waals surface area contributed by atoms with E-state index in [0.717, 1.165) is 24.0 Å². The molecule has 1 saturated heterocycles. The minimum atomic E-state index is -2.00. The first kappa shape index (κ1) is 21.5. The molecule has 28 heavy (non-hydrogen) atoms. The maximum atomic E-state index is 12.2. The molecule has 0 radical (unpaired) electrons. The van der Waals surface area contributed by atoms with Crippen molar-refractivity contribution in [2.75, 3.05) is 13.7 Å². The molecule has 3 rings (SSSR count). The molecular formula is C22H34O5Si. The zero-order chi connectivity index (χ0) is 20.7. The van der Waals surface area contributed by atoms with E-state index in [1.807, 2.05) is 24.3 Å². The molecule has 0 bridgehead atoms. The van der Waals surface area contributed by atoms with Crippen LogP contribution < -0.4 is 4.74 Å². The average Bonchev–Trinajstić information content (AvgIpc) is 3.15. The van der Waals surface area contributed by atoms with E-state index in [4.69, 9.17) is 18.6 Å². The topological polar surface area (TPSA) is 54.0 Å². The predicted octanol–water partition coefficient (Wildman–Crippen LogP) is 4.72. The van der Waals surface area contributed by atoms with Gasteiger partial charge in [0.2, 0.25) is 0 Å². The first-order valence-corrected chi connectivity index (χ1v) is 13.0. The number of rotatable bonds is 5. The third-order valence-corrected chi connectivity index (χ3v) is 11.3. The van der Waals surface area contributed by atoms with Gasteiger partial charge < -0.3 is 23.4 Å². The van der Waals surface area contributed by atoms with Crippen LogP contribution in [0.4, 0.5) is 0 Å². The molecule has 1 aliphatic heterocycles. The summed E-state index contributed by atoms with van der Waals surface area (Å²) in [7, 11) is -0.356. The van der Waals surface area contributed by atoms with Crippen molar-refractivity contribution in [1.29, 1.82) is 0 Å². The van der Waals surface area contributed by atoms with Gasteiger partial charge in [-0.1, -0.05) is 39.8 Å². The molecule has 0 N–H and O–H groups in total. The van der Waals surface area contributed by atoms with E-state index in [0.29, 0.717) is 6.61 Å². The predicted molar refractivity (Wildman–Crippen MR) is 111 cm³/mol. The van der Waals surface area contributed by atoms with Gasteiger partial charge in [0.05, 0.1) is 25.7 Å². The minimum Gasteiger partial charge on any atom is -0.497 e. The van der Waals surface area contributed by atoms with Crippen molar-refractivity contribution < 1.29 is 23.4 Å². The molecule has 5 atom stereocenters. The highest BCUT2D eigenvalue weighted by molar-refractivity contribution is 6.74. The van der Waals surface area contributed by atoms with Crippen molar-refractivity contribution in [3.8, 4) is 5.75 Å². The number of carbonyl (C=O) groups excluding carboxylic acids is 1. The van der Waals surface area contributed by atoms with Gasteiger partial charge >= 0.3 is 0 Å². The zero-order valence-electron chi connectivity index (χ0n) is 18.2. The van der Waals surface area contributed by atoms with E-state index in [2.05, 4.69) is 40.8 Å². The van der Waals surface area contributed by atoms with Crippen LogP contribution in [0, 0.1) is 11.8 Å². The summed E-state index contributed by atoms with van der Waals surface area (Å²) in [5.74, 6) is 0.710. The van der Waals surface area contributed by atoms with Crippen LogP contribution in [0.15, 0.2) is 24.3 Å². The standard InChI is InChI=1S/C22H34O5Si/c1-15-12-22(18(13-23)19(15)27-28(6,7)21(2,3)4)14-25-20(26-22)16-8-10-17(24-5)11-9-16/h8-11,13,15,18-20H,12,14H2,1-7H3/t15-,18-,19+,20?,22-/m0/s1. The van der Waals surface area contributed by atoms with E-state index >= 15 is 0 Å². The highest BCUT2D eigenvalue weighted by atomic mass is 28.4. The van der Waals surface area contributed by atoms with Crippen LogP contribution in [0.3, 0.4) is 0 Å². The largest absolute Gasteiger partial charge is 0.497 e. The fourth-order valence-corrected chi connectivity index (χ4v) is 5.48. The van der Waals surface area contributed by atoms with Gasteiger partial charge in [-0.2, -0.15) is 0 Å². The fourth-order valence-electron chi connectivity index (χ4n) is 4.06. The average molecular weight is 407 g/mol. The van der Waals surface area contributed by atoms with Crippen molar-refractivity contribution >= 4 is 14.6 Å². The van der Waals surface area contributed by atoms with Gasteiger partial charge in [-0.3, -0.25) is 0 Å². The second-order valence-corrected chi connectivity index (χ2v) is 14.5. The highest BCUT2D eigenvalue weighted by Gasteiger charge is 2.59. The van der Waals surface area contributed by atoms with Crippen molar-refractivity contribution in [3.05, 3.63) is 29.8 Å². The molecular weight excluding hydrogens is 372 g/mol. The number of hydrogen-bond acceptors (Lipinski definition) is 5. The van der Waals surface area contributed by atoms with Crippen LogP contribution in [0.25, 0.3) is 0 Å². The number of carbonyl (C=O) groups is 1. The Morgan fingerprint density at radius 3 is 2.39 bits per heavy atom. The second kappa shape index (κ2) is 7.56. The lowest BCUT2D eigenvalue weighted by atomic mass is 9.92. The second-order valence-electron chi connectivity index (χ2n) is 9.78. The zero-order valence-corrected chi connectivity index (χ0v) is 19.2. The minimum absolute atomic E-state index is 0.0918. The third-order valence-electron chi connectivity index (χ3n) is 6.78. The normalized spacial score (nSPS) is 33.4. The van der Waals surface area contributed by atoms with Gasteiger partial charge in [0.15, 0.2) is 14.6 Å². The Morgan fingerprint density at radius 1 is 1.21 bits per heavy atom. The lowest BCUT2D eigenvalue weighted by Gasteiger charge is -2.41. The van der Waals surface area contributed by atoms with Gasteiger partial charge in [-0.05, 0) is 42.6 Å². The smallest absolute Gasteiger partial charge is 0.192 e. The van der Waals surface area contributed by atoms with Crippen LogP contribution in [-0.4, -0.2) is 40.0 Å². The number of aldehydes is 1. The van der Waals surface area contributed by atoms with E-state index < -0.39 is 20.2 Å². The van der Waals surface area contributed by atoms with Crippen molar-refractivity contribution in [1.82, 2.24) is 0 Å². The molecule has 2 fully saturated rings. The molecule has 6 heteroatoms. The van der Waals surface area contributed by atoms with E-state index in [-0.39, 0.29) is 23.0 Å². The molecule has 0 aromatic heterocycles. The maximum Gasteiger partial charge on any atom is 0.192 e. The van der Waals surface area contributed by atoms with Crippen LogP contribution in [0.5, 0.6) is 5.75 Å². The molecule has 156 valence electrons. The fraction of sp³-hybridized carbons (Fsp3) is 0.682. The Balaban J connectivity index is 1.79. The Hall–Kier alpha value is -1.21. The maximum absolute atomic E-state index is 12.2. The molecule has 0 amide bonds. The summed E-state index contributed by atoms with van der Waals surface area (Å²) in [4.78, 5) is 12.2. The number of benzene rings is 1. The van der Waals surface area contributed by atoms with Gasteiger partial charge in [0.1, 0.15) is 17.6 Å². The van der Waals surface area contributed by atoms with Crippen molar-refractivity contribution in [3.63, 3.8) is 0 Å². The molecule has 2 aliphatic rings. The van der Waals surface area contributed by atoms with Crippen LogP contribution in [0.1, 0.15) is 46.0 Å². The summed E-state index contributed by atoms with van der Waals surface area (Å²) in [6.45, 7) is 13.7. The number of methoxy groups -OCH3 is 1. The number of ether oxygens (including phenoxy) is 3. The Labute approximate surface area is 169 Å². The summed E-state index contributed by atoms with van der Waals surface area (Å²) in [6.07, 6.45) is 1.20. The van der Waals surface area contributed by atoms with E-state index in [1.165, 1.54) is 0 Å². The molecule has 1 heterocycles.